The first kappa shape index (κ1) is 21.2. The summed E-state index contributed by atoms with van der Waals surface area (Å²) in [5.74, 6) is 0. The Bertz CT molecular complexity index is 414. The highest BCUT2D eigenvalue weighted by Crippen LogP contribution is 2.33. The number of allylic oxidation sites excluding steroid dienone is 5. The molecular weight excluding hydrogens is 268 g/mol. The van der Waals surface area contributed by atoms with Crippen LogP contribution >= 0.6 is 0 Å². The lowest BCUT2D eigenvalue weighted by Gasteiger charge is -2.26. The quantitative estimate of drug-likeness (QED) is 0.511. The molecule has 0 aromatic heterocycles. The van der Waals surface area contributed by atoms with Gasteiger partial charge in [0.1, 0.15) is 0 Å². The van der Waals surface area contributed by atoms with Gasteiger partial charge in [0.05, 0.1) is 6.61 Å². The maximum absolute atomic E-state index is 8.86. The Morgan fingerprint density at radius 3 is 1.95 bits per heavy atom. The first-order valence-corrected chi connectivity index (χ1v) is 8.57. The zero-order valence-corrected chi connectivity index (χ0v) is 16.2. The molecule has 0 aliphatic heterocycles. The van der Waals surface area contributed by atoms with Gasteiger partial charge in [-0.2, -0.15) is 0 Å². The molecule has 0 rings (SSSR count). The molecule has 0 saturated carbocycles. The molecule has 0 aliphatic rings. The molecular formula is C21H38O. The number of aliphatic hydroxyl groups is 1. The van der Waals surface area contributed by atoms with Gasteiger partial charge in [0, 0.05) is 0 Å². The molecule has 0 aromatic carbocycles. The molecule has 1 nitrogen and oxygen atoms in total. The zero-order chi connectivity index (χ0) is 17.4. The average molecular weight is 307 g/mol. The van der Waals surface area contributed by atoms with Crippen molar-refractivity contribution in [1.82, 2.24) is 0 Å². The molecule has 0 aromatic rings. The highest BCUT2D eigenvalue weighted by atomic mass is 16.2. The Kier molecular flexibility index (Phi) is 9.00. The van der Waals surface area contributed by atoms with Crippen molar-refractivity contribution in [3.8, 4) is 0 Å². The SMILES string of the molecule is C/C(=C\CO)CC/C=C(\C)CC(C)(C)C/C=C(\C)C(C)(C)C. The third-order valence-corrected chi connectivity index (χ3v) is 4.37. The van der Waals surface area contributed by atoms with Crippen LogP contribution in [0.4, 0.5) is 0 Å². The predicted molar refractivity (Wildman–Crippen MR) is 100 cm³/mol. The van der Waals surface area contributed by atoms with Crippen LogP contribution in [0.25, 0.3) is 0 Å². The van der Waals surface area contributed by atoms with Gasteiger partial charge in [-0.15, -0.1) is 0 Å². The molecule has 1 heteroatoms. The maximum atomic E-state index is 8.86. The van der Waals surface area contributed by atoms with Crippen molar-refractivity contribution in [3.63, 3.8) is 0 Å². The van der Waals surface area contributed by atoms with Gasteiger partial charge in [-0.25, -0.2) is 0 Å². The topological polar surface area (TPSA) is 20.2 Å². The van der Waals surface area contributed by atoms with E-state index in [-0.39, 0.29) is 12.0 Å². The fraction of sp³-hybridized carbons (Fsp3) is 0.714. The Morgan fingerprint density at radius 2 is 1.45 bits per heavy atom. The van der Waals surface area contributed by atoms with Crippen molar-refractivity contribution < 1.29 is 5.11 Å². The van der Waals surface area contributed by atoms with E-state index in [9.17, 15) is 0 Å². The van der Waals surface area contributed by atoms with Crippen molar-refractivity contribution in [1.29, 1.82) is 0 Å². The lowest BCUT2D eigenvalue weighted by molar-refractivity contribution is 0.341. The van der Waals surface area contributed by atoms with Gasteiger partial charge in [-0.3, -0.25) is 0 Å². The van der Waals surface area contributed by atoms with E-state index in [0.717, 1.165) is 25.7 Å². The van der Waals surface area contributed by atoms with E-state index in [1.54, 1.807) is 0 Å². The van der Waals surface area contributed by atoms with Crippen LogP contribution in [0.3, 0.4) is 0 Å². The highest BCUT2D eigenvalue weighted by molar-refractivity contribution is 5.10. The van der Waals surface area contributed by atoms with Crippen LogP contribution in [0.1, 0.15) is 81.1 Å². The van der Waals surface area contributed by atoms with Gasteiger partial charge in [0.2, 0.25) is 0 Å². The van der Waals surface area contributed by atoms with Gasteiger partial charge < -0.3 is 5.11 Å². The second kappa shape index (κ2) is 9.35. The molecule has 0 atom stereocenters. The summed E-state index contributed by atoms with van der Waals surface area (Å²) in [6.07, 6.45) is 11.1. The third-order valence-electron chi connectivity index (χ3n) is 4.37. The van der Waals surface area contributed by atoms with Crippen molar-refractivity contribution in [2.75, 3.05) is 6.61 Å². The van der Waals surface area contributed by atoms with Crippen LogP contribution in [-0.4, -0.2) is 11.7 Å². The minimum atomic E-state index is 0.154. The molecule has 0 radical (unpaired) electrons. The molecule has 128 valence electrons. The van der Waals surface area contributed by atoms with Crippen LogP contribution in [0.5, 0.6) is 0 Å². The molecule has 0 amide bonds. The summed E-state index contributed by atoms with van der Waals surface area (Å²) in [5.41, 5.74) is 4.81. The Morgan fingerprint density at radius 1 is 0.864 bits per heavy atom. The van der Waals surface area contributed by atoms with Gasteiger partial charge >= 0.3 is 0 Å². The lowest BCUT2D eigenvalue weighted by Crippen LogP contribution is -2.13. The normalized spacial score (nSPS) is 15.4. The van der Waals surface area contributed by atoms with Crippen molar-refractivity contribution in [3.05, 3.63) is 34.9 Å². The summed E-state index contributed by atoms with van der Waals surface area (Å²) in [7, 11) is 0. The first-order valence-electron chi connectivity index (χ1n) is 8.57. The Balaban J connectivity index is 4.49. The fourth-order valence-electron chi connectivity index (χ4n) is 2.44. The minimum Gasteiger partial charge on any atom is -0.392 e. The molecule has 0 bridgehead atoms. The molecule has 0 spiro atoms. The molecule has 0 fully saturated rings. The number of rotatable bonds is 8. The molecule has 0 aliphatic carbocycles. The summed E-state index contributed by atoms with van der Waals surface area (Å²) < 4.78 is 0. The standard InChI is InChI=1S/C21H38O/c1-17(13-15-22)10-9-11-18(2)16-21(7,8)14-12-19(3)20(4,5)6/h11-13,22H,9-10,14-16H2,1-8H3/b17-13+,18-11+,19-12+. The zero-order valence-electron chi connectivity index (χ0n) is 16.2. The van der Waals surface area contributed by atoms with Crippen LogP contribution in [0, 0.1) is 10.8 Å². The third kappa shape index (κ3) is 10.00. The molecule has 1 N–H and O–H groups in total. The van der Waals surface area contributed by atoms with Gasteiger partial charge in [-0.1, -0.05) is 69.6 Å². The van der Waals surface area contributed by atoms with Crippen molar-refractivity contribution in [2.24, 2.45) is 10.8 Å². The monoisotopic (exact) mass is 306 g/mol. The van der Waals surface area contributed by atoms with Gasteiger partial charge in [0.15, 0.2) is 0 Å². The average Bonchev–Trinajstić information content (AvgIpc) is 2.34. The van der Waals surface area contributed by atoms with E-state index in [1.165, 1.54) is 16.7 Å². The number of aliphatic hydroxyl groups excluding tert-OH is 1. The summed E-state index contributed by atoms with van der Waals surface area (Å²) in [5, 5.41) is 8.86. The summed E-state index contributed by atoms with van der Waals surface area (Å²) in [6, 6.07) is 0. The molecule has 22 heavy (non-hydrogen) atoms. The molecule has 0 unspecified atom stereocenters. The number of hydrogen-bond acceptors (Lipinski definition) is 1. The van der Waals surface area contributed by atoms with Crippen molar-refractivity contribution >= 4 is 0 Å². The minimum absolute atomic E-state index is 0.154. The fourth-order valence-corrected chi connectivity index (χ4v) is 2.44. The van der Waals surface area contributed by atoms with E-state index in [2.05, 4.69) is 67.5 Å². The van der Waals surface area contributed by atoms with Crippen LogP contribution in [0.2, 0.25) is 0 Å². The van der Waals surface area contributed by atoms with Crippen LogP contribution in [-0.2, 0) is 0 Å². The van der Waals surface area contributed by atoms with Crippen molar-refractivity contribution in [2.45, 2.75) is 81.1 Å². The maximum Gasteiger partial charge on any atom is 0.0614 e. The van der Waals surface area contributed by atoms with Crippen LogP contribution in [0.15, 0.2) is 34.9 Å². The van der Waals surface area contributed by atoms with E-state index in [0.29, 0.717) is 5.41 Å². The lowest BCUT2D eigenvalue weighted by atomic mass is 9.79. The smallest absolute Gasteiger partial charge is 0.0614 e. The van der Waals surface area contributed by atoms with Gasteiger partial charge in [0.25, 0.3) is 0 Å². The second-order valence-electron chi connectivity index (χ2n) is 8.50. The first-order chi connectivity index (χ1) is 9.98. The Labute approximate surface area is 139 Å². The highest BCUT2D eigenvalue weighted by Gasteiger charge is 2.19. The molecule has 0 saturated heterocycles. The van der Waals surface area contributed by atoms with E-state index >= 15 is 0 Å². The van der Waals surface area contributed by atoms with E-state index in [1.807, 2.05) is 6.08 Å². The van der Waals surface area contributed by atoms with E-state index < -0.39 is 0 Å². The van der Waals surface area contributed by atoms with Crippen LogP contribution < -0.4 is 0 Å². The second-order valence-corrected chi connectivity index (χ2v) is 8.50. The number of hydrogen-bond donors (Lipinski definition) is 1. The Hall–Kier alpha value is -0.820. The summed E-state index contributed by atoms with van der Waals surface area (Å²) >= 11 is 0. The van der Waals surface area contributed by atoms with Gasteiger partial charge in [-0.05, 0) is 57.3 Å². The predicted octanol–water partition coefficient (Wildman–Crippen LogP) is 6.45. The largest absolute Gasteiger partial charge is 0.392 e. The summed E-state index contributed by atoms with van der Waals surface area (Å²) in [6.45, 7) is 18.3. The van der Waals surface area contributed by atoms with E-state index in [4.69, 9.17) is 5.11 Å². The molecule has 0 heterocycles. The summed E-state index contributed by atoms with van der Waals surface area (Å²) in [4.78, 5) is 0.